The first-order chi connectivity index (χ1) is 6.24. The number of hydrogen-bond donors (Lipinski definition) is 1. The number of carbonyl (C=O) groups excluding carboxylic acids is 1. The van der Waals surface area contributed by atoms with Gasteiger partial charge in [-0.05, 0) is 26.1 Å². The molecule has 0 aromatic heterocycles. The van der Waals surface area contributed by atoms with Gasteiger partial charge in [-0.3, -0.25) is 0 Å². The summed E-state index contributed by atoms with van der Waals surface area (Å²) >= 11 is 1.58. The Labute approximate surface area is 92.0 Å². The third kappa shape index (κ3) is 4.23. The van der Waals surface area contributed by atoms with E-state index < -0.39 is 0 Å². The van der Waals surface area contributed by atoms with Gasteiger partial charge in [-0.25, -0.2) is 4.79 Å². The highest BCUT2D eigenvalue weighted by Gasteiger charge is 2.03. The Bertz CT molecular complexity index is 259. The van der Waals surface area contributed by atoms with E-state index in [0.717, 1.165) is 5.56 Å². The monoisotopic (exact) mass is 293 g/mol. The van der Waals surface area contributed by atoms with Crippen molar-refractivity contribution >= 4 is 29.0 Å². The van der Waals surface area contributed by atoms with Crippen LogP contribution < -0.4 is 5.73 Å². The van der Waals surface area contributed by atoms with Gasteiger partial charge in [0.1, 0.15) is 0 Å². The van der Waals surface area contributed by atoms with E-state index in [0.29, 0.717) is 5.56 Å². The molecule has 1 aromatic carbocycles. The number of nitrogens with two attached hydrogens (primary N) is 1. The van der Waals surface area contributed by atoms with Crippen LogP contribution in [0.5, 0.6) is 0 Å². The van der Waals surface area contributed by atoms with Crippen molar-refractivity contribution in [3.63, 3.8) is 0 Å². The van der Waals surface area contributed by atoms with Gasteiger partial charge in [0.15, 0.2) is 23.0 Å². The summed E-state index contributed by atoms with van der Waals surface area (Å²) < 4.78 is 4.51. The van der Waals surface area contributed by atoms with Crippen LogP contribution in [0.25, 0.3) is 0 Å². The van der Waals surface area contributed by atoms with E-state index in [1.165, 1.54) is 7.05 Å². The zero-order valence-corrected chi connectivity index (χ0v) is 9.74. The lowest BCUT2D eigenvalue weighted by molar-refractivity contribution is 0.0800. The first kappa shape index (κ1) is 12.4. The van der Waals surface area contributed by atoms with E-state index >= 15 is 0 Å². The van der Waals surface area contributed by atoms with Gasteiger partial charge in [-0.15, -0.1) is 0 Å². The number of hydrogen-bond acceptors (Lipinski definition) is 3. The summed E-state index contributed by atoms with van der Waals surface area (Å²) in [4.78, 5) is 10.9. The summed E-state index contributed by atoms with van der Waals surface area (Å²) in [7, 11) is 1.50. The standard InChI is InChI=1S/C8H7IO2.CH5N/c1-6-2-4-7(5-3-6)8(10)11-9;1-2/h2-5H,1H3;2H2,1H3. The minimum atomic E-state index is -0.300. The Morgan fingerprint density at radius 2 is 1.77 bits per heavy atom. The molecule has 72 valence electrons. The van der Waals surface area contributed by atoms with E-state index in [4.69, 9.17) is 0 Å². The van der Waals surface area contributed by atoms with Crippen molar-refractivity contribution in [2.75, 3.05) is 7.05 Å². The minimum absolute atomic E-state index is 0.300. The lowest BCUT2D eigenvalue weighted by Gasteiger charge is -1.96. The van der Waals surface area contributed by atoms with Gasteiger partial charge in [0.05, 0.1) is 5.56 Å². The first-order valence-electron chi connectivity index (χ1n) is 3.71. The van der Waals surface area contributed by atoms with Crippen molar-refractivity contribution in [3.05, 3.63) is 35.4 Å². The topological polar surface area (TPSA) is 52.3 Å². The second-order valence-electron chi connectivity index (χ2n) is 2.23. The zero-order chi connectivity index (χ0) is 10.3. The lowest BCUT2D eigenvalue weighted by Crippen LogP contribution is -1.96. The average molecular weight is 293 g/mol. The quantitative estimate of drug-likeness (QED) is 0.807. The molecular weight excluding hydrogens is 281 g/mol. The van der Waals surface area contributed by atoms with Gasteiger partial charge >= 0.3 is 5.97 Å². The highest BCUT2D eigenvalue weighted by molar-refractivity contribution is 14.1. The van der Waals surface area contributed by atoms with Gasteiger partial charge < -0.3 is 8.80 Å². The number of rotatable bonds is 1. The van der Waals surface area contributed by atoms with Crippen molar-refractivity contribution in [1.82, 2.24) is 0 Å². The van der Waals surface area contributed by atoms with Crippen LogP contribution in [-0.2, 0) is 3.07 Å². The number of carbonyl (C=O) groups is 1. The Morgan fingerprint density at radius 3 is 2.15 bits per heavy atom. The molecule has 1 rings (SSSR count). The summed E-state index contributed by atoms with van der Waals surface area (Å²) in [5, 5.41) is 0. The molecule has 3 nitrogen and oxygen atoms in total. The van der Waals surface area contributed by atoms with Crippen LogP contribution in [0, 0.1) is 6.92 Å². The van der Waals surface area contributed by atoms with E-state index in [1.54, 1.807) is 35.1 Å². The predicted octanol–water partition coefficient (Wildman–Crippen LogP) is 2.08. The van der Waals surface area contributed by atoms with Crippen molar-refractivity contribution in [3.8, 4) is 0 Å². The maximum absolute atomic E-state index is 10.9. The first-order valence-corrected chi connectivity index (χ1v) is 4.59. The van der Waals surface area contributed by atoms with Crippen molar-refractivity contribution in [1.29, 1.82) is 0 Å². The molecule has 0 saturated heterocycles. The molecule has 0 spiro atoms. The van der Waals surface area contributed by atoms with Crippen molar-refractivity contribution < 1.29 is 7.86 Å². The summed E-state index contributed by atoms with van der Waals surface area (Å²) in [6, 6.07) is 7.25. The lowest BCUT2D eigenvalue weighted by atomic mass is 10.2. The van der Waals surface area contributed by atoms with Crippen LogP contribution >= 0.6 is 23.0 Å². The van der Waals surface area contributed by atoms with Gasteiger partial charge in [0.2, 0.25) is 0 Å². The van der Waals surface area contributed by atoms with Gasteiger partial charge in [-0.1, -0.05) is 17.7 Å². The summed E-state index contributed by atoms with van der Waals surface area (Å²) in [6.07, 6.45) is 0. The molecule has 4 heteroatoms. The normalized spacial score (nSPS) is 8.31. The molecule has 0 aliphatic rings. The molecule has 1 aromatic rings. The van der Waals surface area contributed by atoms with Crippen LogP contribution in [-0.4, -0.2) is 13.0 Å². The molecule has 0 unspecified atom stereocenters. The second kappa shape index (κ2) is 6.85. The van der Waals surface area contributed by atoms with Crippen LogP contribution in [0.1, 0.15) is 15.9 Å². The van der Waals surface area contributed by atoms with Crippen LogP contribution in [0.4, 0.5) is 0 Å². The number of benzene rings is 1. The van der Waals surface area contributed by atoms with E-state index in [2.05, 4.69) is 8.80 Å². The highest BCUT2D eigenvalue weighted by atomic mass is 127. The minimum Gasteiger partial charge on any atom is -0.391 e. The van der Waals surface area contributed by atoms with E-state index in [1.807, 2.05) is 19.1 Å². The van der Waals surface area contributed by atoms with Gasteiger partial charge in [0, 0.05) is 0 Å². The molecule has 0 atom stereocenters. The maximum atomic E-state index is 10.9. The zero-order valence-electron chi connectivity index (χ0n) is 7.58. The van der Waals surface area contributed by atoms with Crippen molar-refractivity contribution in [2.45, 2.75) is 6.92 Å². The maximum Gasteiger partial charge on any atom is 0.347 e. The SMILES string of the molecule is CN.Cc1ccc(C(=O)OI)cc1. The summed E-state index contributed by atoms with van der Waals surface area (Å²) in [6.45, 7) is 1.97. The fraction of sp³-hybridized carbons (Fsp3) is 0.222. The number of halogens is 1. The van der Waals surface area contributed by atoms with Gasteiger partial charge in [0.25, 0.3) is 0 Å². The smallest absolute Gasteiger partial charge is 0.347 e. The fourth-order valence-corrected chi connectivity index (χ4v) is 0.988. The third-order valence-electron chi connectivity index (χ3n) is 1.36. The molecule has 0 amide bonds. The molecule has 0 bridgehead atoms. The largest absolute Gasteiger partial charge is 0.391 e. The van der Waals surface area contributed by atoms with Crippen molar-refractivity contribution in [2.24, 2.45) is 5.73 Å². The summed E-state index contributed by atoms with van der Waals surface area (Å²) in [5.74, 6) is -0.300. The average Bonchev–Trinajstić information content (AvgIpc) is 2.21. The second-order valence-corrected chi connectivity index (χ2v) is 2.67. The van der Waals surface area contributed by atoms with E-state index in [9.17, 15) is 4.79 Å². The Hall–Kier alpha value is -0.620. The predicted molar refractivity (Wildman–Crippen MR) is 60.7 cm³/mol. The van der Waals surface area contributed by atoms with Crippen LogP contribution in [0.3, 0.4) is 0 Å². The van der Waals surface area contributed by atoms with Crippen LogP contribution in [0.15, 0.2) is 24.3 Å². The van der Waals surface area contributed by atoms with E-state index in [-0.39, 0.29) is 5.97 Å². The van der Waals surface area contributed by atoms with Crippen LogP contribution in [0.2, 0.25) is 0 Å². The fourth-order valence-electron chi connectivity index (χ4n) is 0.734. The molecular formula is C9H12INO2. The molecule has 0 fully saturated rings. The highest BCUT2D eigenvalue weighted by Crippen LogP contribution is 2.06. The molecule has 13 heavy (non-hydrogen) atoms. The molecule has 0 heterocycles. The Morgan fingerprint density at radius 1 is 1.31 bits per heavy atom. The van der Waals surface area contributed by atoms with Gasteiger partial charge in [-0.2, -0.15) is 0 Å². The molecule has 0 aliphatic heterocycles. The Balaban J connectivity index is 0.000000671. The molecule has 0 saturated carbocycles. The summed E-state index contributed by atoms with van der Waals surface area (Å²) in [5.41, 5.74) is 6.22. The molecule has 0 radical (unpaired) electrons. The third-order valence-corrected chi connectivity index (χ3v) is 1.76. The number of aryl methyl sites for hydroxylation is 1. The molecule has 0 aliphatic carbocycles. The Kier molecular flexibility index (Phi) is 6.52. The molecule has 2 N–H and O–H groups in total.